The van der Waals surface area contributed by atoms with Gasteiger partial charge in [0.2, 0.25) is 11.0 Å². The molecule has 0 radical (unpaired) electrons. The Morgan fingerprint density at radius 3 is 2.77 bits per heavy atom. The highest BCUT2D eigenvalue weighted by Crippen LogP contribution is 2.29. The molecule has 4 nitrogen and oxygen atoms in total. The first kappa shape index (κ1) is 16.4. The van der Waals surface area contributed by atoms with Gasteiger partial charge in [-0.25, -0.2) is 0 Å². The minimum atomic E-state index is -4.42. The molecule has 22 heavy (non-hydrogen) atoms. The zero-order chi connectivity index (χ0) is 16.2. The molecule has 8 heteroatoms. The second kappa shape index (κ2) is 6.87. The van der Waals surface area contributed by atoms with Crippen molar-refractivity contribution in [1.29, 1.82) is 0 Å². The molecule has 0 atom stereocenters. The number of halogens is 3. The lowest BCUT2D eigenvalue weighted by Crippen LogP contribution is -2.15. The minimum Gasteiger partial charge on any atom is -0.300 e. The summed E-state index contributed by atoms with van der Waals surface area (Å²) >= 11 is 1.27. The zero-order valence-corrected chi connectivity index (χ0v) is 12.6. The van der Waals surface area contributed by atoms with E-state index in [2.05, 4.69) is 15.5 Å². The Bertz CT molecular complexity index is 655. The van der Waals surface area contributed by atoms with E-state index in [1.165, 1.54) is 23.5 Å². The molecule has 0 fully saturated rings. The zero-order valence-electron chi connectivity index (χ0n) is 11.8. The van der Waals surface area contributed by atoms with Crippen LogP contribution in [-0.2, 0) is 23.8 Å². The van der Waals surface area contributed by atoms with E-state index in [9.17, 15) is 18.0 Å². The summed E-state index contributed by atoms with van der Waals surface area (Å²) < 4.78 is 37.8. The number of nitrogens with one attached hydrogen (secondary N) is 1. The van der Waals surface area contributed by atoms with Gasteiger partial charge in [-0.15, -0.1) is 10.2 Å². The summed E-state index contributed by atoms with van der Waals surface area (Å²) in [6.07, 6.45) is -2.86. The number of nitrogens with zero attached hydrogens (tertiary/aromatic N) is 2. The number of carbonyl (C=O) groups excluding carboxylic acids is 1. The van der Waals surface area contributed by atoms with E-state index in [-0.39, 0.29) is 6.42 Å². The standard InChI is InChI=1S/C14H14F3N3OS/c1-2-4-12-19-20-13(22-12)18-11(21)8-9-5-3-6-10(7-9)14(15,16)17/h3,5-7H,2,4,8H2,1H3,(H,18,20,21). The first-order valence-electron chi connectivity index (χ1n) is 6.67. The number of aromatic nitrogens is 2. The molecule has 1 aromatic carbocycles. The summed E-state index contributed by atoms with van der Waals surface area (Å²) in [5.74, 6) is -0.418. The Kier molecular flexibility index (Phi) is 5.12. The van der Waals surface area contributed by atoms with Crippen LogP contribution >= 0.6 is 11.3 Å². The predicted octanol–water partition coefficient (Wildman–Crippen LogP) is 3.69. The molecule has 1 heterocycles. The number of hydrogen-bond donors (Lipinski definition) is 1. The normalized spacial score (nSPS) is 11.5. The molecule has 2 aromatic rings. The maximum atomic E-state index is 12.6. The van der Waals surface area contributed by atoms with Gasteiger partial charge < -0.3 is 5.32 Å². The van der Waals surface area contributed by atoms with Crippen molar-refractivity contribution in [1.82, 2.24) is 10.2 Å². The lowest BCUT2D eigenvalue weighted by atomic mass is 10.1. The molecule has 0 aliphatic carbocycles. The molecule has 118 valence electrons. The quantitative estimate of drug-likeness (QED) is 0.910. The summed E-state index contributed by atoms with van der Waals surface area (Å²) in [6.45, 7) is 2.01. The third-order valence-electron chi connectivity index (χ3n) is 2.80. The fraction of sp³-hybridized carbons (Fsp3) is 0.357. The Hall–Kier alpha value is -1.96. The number of amides is 1. The molecule has 0 spiro atoms. The summed E-state index contributed by atoms with van der Waals surface area (Å²) in [7, 11) is 0. The number of alkyl halides is 3. The number of hydrogen-bond acceptors (Lipinski definition) is 4. The van der Waals surface area contributed by atoms with Crippen LogP contribution in [0.4, 0.5) is 18.3 Å². The van der Waals surface area contributed by atoms with E-state index in [4.69, 9.17) is 0 Å². The summed E-state index contributed by atoms with van der Waals surface area (Å²) in [4.78, 5) is 11.9. The van der Waals surface area contributed by atoms with E-state index >= 15 is 0 Å². The smallest absolute Gasteiger partial charge is 0.300 e. The SMILES string of the molecule is CCCc1nnc(NC(=O)Cc2cccc(C(F)(F)F)c2)s1. The Morgan fingerprint density at radius 2 is 2.09 bits per heavy atom. The van der Waals surface area contributed by atoms with Crippen molar-refractivity contribution in [2.45, 2.75) is 32.4 Å². The van der Waals surface area contributed by atoms with Crippen LogP contribution in [0.3, 0.4) is 0 Å². The highest BCUT2D eigenvalue weighted by Gasteiger charge is 2.30. The molecule has 0 aliphatic heterocycles. The van der Waals surface area contributed by atoms with Gasteiger partial charge in [0.25, 0.3) is 0 Å². The molecule has 0 unspecified atom stereocenters. The van der Waals surface area contributed by atoms with Gasteiger partial charge in [0, 0.05) is 6.42 Å². The van der Waals surface area contributed by atoms with Crippen LogP contribution < -0.4 is 5.32 Å². The second-order valence-electron chi connectivity index (χ2n) is 4.67. The van der Waals surface area contributed by atoms with Crippen LogP contribution in [0.1, 0.15) is 29.5 Å². The largest absolute Gasteiger partial charge is 0.416 e. The topological polar surface area (TPSA) is 54.9 Å². The van der Waals surface area contributed by atoms with Gasteiger partial charge in [-0.2, -0.15) is 13.2 Å². The van der Waals surface area contributed by atoms with E-state index in [0.717, 1.165) is 30.0 Å². The molecule has 0 saturated heterocycles. The van der Waals surface area contributed by atoms with E-state index in [1.807, 2.05) is 6.92 Å². The lowest BCUT2D eigenvalue weighted by molar-refractivity contribution is -0.137. The number of anilines is 1. The Balaban J connectivity index is 1.99. The highest BCUT2D eigenvalue weighted by molar-refractivity contribution is 7.15. The molecule has 0 saturated carbocycles. The molecule has 1 aromatic heterocycles. The van der Waals surface area contributed by atoms with E-state index in [0.29, 0.717) is 10.7 Å². The first-order chi connectivity index (χ1) is 10.4. The maximum Gasteiger partial charge on any atom is 0.416 e. The lowest BCUT2D eigenvalue weighted by Gasteiger charge is -2.08. The molecular formula is C14H14F3N3OS. The van der Waals surface area contributed by atoms with Crippen molar-refractivity contribution < 1.29 is 18.0 Å². The fourth-order valence-electron chi connectivity index (χ4n) is 1.83. The molecule has 0 bridgehead atoms. The third kappa shape index (κ3) is 4.52. The monoisotopic (exact) mass is 329 g/mol. The van der Waals surface area contributed by atoms with E-state index < -0.39 is 17.6 Å². The Morgan fingerprint density at radius 1 is 1.32 bits per heavy atom. The molecule has 0 aliphatic rings. The van der Waals surface area contributed by atoms with Crippen molar-refractivity contribution in [2.75, 3.05) is 5.32 Å². The van der Waals surface area contributed by atoms with Crippen LogP contribution in [0.5, 0.6) is 0 Å². The number of aryl methyl sites for hydroxylation is 1. The fourth-order valence-corrected chi connectivity index (χ4v) is 2.68. The van der Waals surface area contributed by atoms with Crippen LogP contribution in [0.2, 0.25) is 0 Å². The minimum absolute atomic E-state index is 0.146. The van der Waals surface area contributed by atoms with Crippen molar-refractivity contribution in [3.63, 3.8) is 0 Å². The third-order valence-corrected chi connectivity index (χ3v) is 3.69. The van der Waals surface area contributed by atoms with Gasteiger partial charge >= 0.3 is 6.18 Å². The van der Waals surface area contributed by atoms with Gasteiger partial charge in [-0.05, 0) is 18.1 Å². The molecule has 1 N–H and O–H groups in total. The summed E-state index contributed by atoms with van der Waals surface area (Å²) in [6, 6.07) is 4.72. The van der Waals surface area contributed by atoms with Crippen LogP contribution in [0.25, 0.3) is 0 Å². The molecular weight excluding hydrogens is 315 g/mol. The van der Waals surface area contributed by atoms with Crippen LogP contribution in [-0.4, -0.2) is 16.1 Å². The van der Waals surface area contributed by atoms with Crippen LogP contribution in [0, 0.1) is 0 Å². The van der Waals surface area contributed by atoms with Gasteiger partial charge in [0.1, 0.15) is 5.01 Å². The number of benzene rings is 1. The van der Waals surface area contributed by atoms with E-state index in [1.54, 1.807) is 0 Å². The number of carbonyl (C=O) groups is 1. The second-order valence-corrected chi connectivity index (χ2v) is 5.74. The summed E-state index contributed by atoms with van der Waals surface area (Å²) in [5.41, 5.74) is -0.468. The Labute approximate surface area is 129 Å². The number of rotatable bonds is 5. The van der Waals surface area contributed by atoms with Gasteiger partial charge in [0.05, 0.1) is 12.0 Å². The predicted molar refractivity (Wildman–Crippen MR) is 77.7 cm³/mol. The average Bonchev–Trinajstić information content (AvgIpc) is 2.85. The molecule has 1 amide bonds. The van der Waals surface area contributed by atoms with Gasteiger partial charge in [0.15, 0.2) is 0 Å². The average molecular weight is 329 g/mol. The highest BCUT2D eigenvalue weighted by atomic mass is 32.1. The van der Waals surface area contributed by atoms with Crippen molar-refractivity contribution >= 4 is 22.4 Å². The van der Waals surface area contributed by atoms with Gasteiger partial charge in [-0.1, -0.05) is 36.5 Å². The van der Waals surface area contributed by atoms with Crippen molar-refractivity contribution in [3.05, 3.63) is 40.4 Å². The van der Waals surface area contributed by atoms with Crippen molar-refractivity contribution in [3.8, 4) is 0 Å². The summed E-state index contributed by atoms with van der Waals surface area (Å²) in [5, 5.41) is 11.5. The van der Waals surface area contributed by atoms with Crippen molar-refractivity contribution in [2.24, 2.45) is 0 Å². The first-order valence-corrected chi connectivity index (χ1v) is 7.48. The van der Waals surface area contributed by atoms with Gasteiger partial charge in [-0.3, -0.25) is 4.79 Å². The molecule has 2 rings (SSSR count). The van der Waals surface area contributed by atoms with Crippen LogP contribution in [0.15, 0.2) is 24.3 Å². The maximum absolute atomic E-state index is 12.6.